The zero-order valence-electron chi connectivity index (χ0n) is 12.2. The first-order valence-corrected chi connectivity index (χ1v) is 8.10. The largest absolute Gasteiger partial charge is 0.440 e. The molecule has 0 spiro atoms. The number of hydrogen-bond donors (Lipinski definition) is 1. The minimum Gasteiger partial charge on any atom is -0.440 e. The van der Waals surface area contributed by atoms with Gasteiger partial charge in [0.1, 0.15) is 6.04 Å². The van der Waals surface area contributed by atoms with Crippen LogP contribution in [0.5, 0.6) is 0 Å². The van der Waals surface area contributed by atoms with Crippen molar-refractivity contribution in [2.75, 3.05) is 18.5 Å². The maximum Gasteiger partial charge on any atom is 0.422 e. The maximum absolute atomic E-state index is 12.3. The van der Waals surface area contributed by atoms with Crippen LogP contribution in [0.2, 0.25) is 5.02 Å². The molecule has 0 aromatic heterocycles. The summed E-state index contributed by atoms with van der Waals surface area (Å²) in [5.41, 5.74) is 0.348. The van der Waals surface area contributed by atoms with E-state index in [9.17, 15) is 22.8 Å². The van der Waals surface area contributed by atoms with Crippen LogP contribution >= 0.6 is 27.5 Å². The lowest BCUT2D eigenvalue weighted by atomic mass is 10.2. The number of ether oxygens (including phenoxy) is 1. The van der Waals surface area contributed by atoms with Gasteiger partial charge < -0.3 is 10.1 Å². The second-order valence-corrected chi connectivity index (χ2v) is 6.46. The number of carbonyl (C=O) groups is 2. The van der Waals surface area contributed by atoms with Gasteiger partial charge in [-0.3, -0.25) is 9.69 Å². The Morgan fingerprint density at radius 3 is 2.75 bits per heavy atom. The Hall–Kier alpha value is -1.48. The van der Waals surface area contributed by atoms with E-state index in [4.69, 9.17) is 11.6 Å². The summed E-state index contributed by atoms with van der Waals surface area (Å²) in [4.78, 5) is 25.1. The summed E-state index contributed by atoms with van der Waals surface area (Å²) in [6.45, 7) is -1.53. The molecule has 132 valence electrons. The molecule has 0 aliphatic carbocycles. The first kappa shape index (κ1) is 18.9. The molecule has 0 radical (unpaired) electrons. The van der Waals surface area contributed by atoms with Crippen LogP contribution in [0, 0.1) is 0 Å². The highest BCUT2D eigenvalue weighted by molar-refractivity contribution is 9.10. The molecular weight excluding hydrogens is 417 g/mol. The van der Waals surface area contributed by atoms with Crippen LogP contribution < -0.4 is 5.32 Å². The highest BCUT2D eigenvalue weighted by Gasteiger charge is 2.37. The average Bonchev–Trinajstić information content (AvgIpc) is 2.96. The molecule has 1 unspecified atom stereocenters. The van der Waals surface area contributed by atoms with Gasteiger partial charge in [0, 0.05) is 11.0 Å². The fraction of sp³-hybridized carbons (Fsp3) is 0.429. The summed E-state index contributed by atoms with van der Waals surface area (Å²) in [5, 5.41) is 2.87. The molecule has 1 atom stereocenters. The van der Waals surface area contributed by atoms with Gasteiger partial charge in [-0.2, -0.15) is 13.2 Å². The van der Waals surface area contributed by atoms with E-state index >= 15 is 0 Å². The lowest BCUT2D eigenvalue weighted by Gasteiger charge is -2.23. The van der Waals surface area contributed by atoms with E-state index in [0.717, 1.165) is 9.37 Å². The van der Waals surface area contributed by atoms with Gasteiger partial charge in [0.25, 0.3) is 0 Å². The van der Waals surface area contributed by atoms with Gasteiger partial charge in [-0.05, 0) is 31.0 Å². The van der Waals surface area contributed by atoms with Crippen molar-refractivity contribution in [3.63, 3.8) is 0 Å². The molecule has 0 saturated carbocycles. The van der Waals surface area contributed by atoms with Crippen LogP contribution in [-0.2, 0) is 9.53 Å². The minimum absolute atomic E-state index is 0.156. The van der Waals surface area contributed by atoms with Crippen molar-refractivity contribution >= 4 is 45.2 Å². The number of nitrogens with one attached hydrogen (secondary N) is 1. The van der Waals surface area contributed by atoms with Gasteiger partial charge in [-0.15, -0.1) is 0 Å². The second-order valence-electron chi connectivity index (χ2n) is 5.13. The standard InChI is InChI=1S/C14H13BrClF3N2O3/c15-8-3-4-10(9(16)6-8)20-12(22)11-2-1-5-21(11)13(23)24-7-14(17,18)19/h3-4,6,11H,1-2,5,7H2,(H,20,22). The Morgan fingerprint density at radius 1 is 1.42 bits per heavy atom. The molecule has 24 heavy (non-hydrogen) atoms. The number of anilines is 1. The molecule has 0 bridgehead atoms. The van der Waals surface area contributed by atoms with Gasteiger partial charge in [0.15, 0.2) is 6.61 Å². The first-order chi connectivity index (χ1) is 11.2. The fourth-order valence-corrected chi connectivity index (χ4v) is 3.01. The summed E-state index contributed by atoms with van der Waals surface area (Å²) in [6, 6.07) is 3.93. The molecular formula is C14H13BrClF3N2O3. The van der Waals surface area contributed by atoms with E-state index in [0.29, 0.717) is 23.6 Å². The number of nitrogens with zero attached hydrogens (tertiary/aromatic N) is 1. The van der Waals surface area contributed by atoms with Crippen molar-refractivity contribution in [3.8, 4) is 0 Å². The number of amides is 2. The van der Waals surface area contributed by atoms with E-state index in [-0.39, 0.29) is 6.54 Å². The zero-order chi connectivity index (χ0) is 17.9. The predicted molar refractivity (Wildman–Crippen MR) is 84.9 cm³/mol. The third-order valence-corrected chi connectivity index (χ3v) is 4.14. The van der Waals surface area contributed by atoms with Crippen LogP contribution in [0.15, 0.2) is 22.7 Å². The van der Waals surface area contributed by atoms with Crippen LogP contribution in [0.25, 0.3) is 0 Å². The molecule has 1 heterocycles. The quantitative estimate of drug-likeness (QED) is 0.783. The molecule has 1 aliphatic rings. The van der Waals surface area contributed by atoms with Gasteiger partial charge in [0.2, 0.25) is 5.91 Å². The highest BCUT2D eigenvalue weighted by Crippen LogP contribution is 2.27. The van der Waals surface area contributed by atoms with Gasteiger partial charge in [-0.1, -0.05) is 27.5 Å². The van der Waals surface area contributed by atoms with Gasteiger partial charge in [0.05, 0.1) is 10.7 Å². The van der Waals surface area contributed by atoms with E-state index < -0.39 is 30.8 Å². The topological polar surface area (TPSA) is 58.6 Å². The summed E-state index contributed by atoms with van der Waals surface area (Å²) < 4.78 is 41.3. The molecule has 1 aromatic rings. The second kappa shape index (κ2) is 7.60. The number of benzene rings is 1. The Morgan fingerprint density at radius 2 is 2.12 bits per heavy atom. The Bertz CT molecular complexity index is 642. The number of alkyl halides is 3. The molecule has 2 amide bonds. The normalized spacial score (nSPS) is 17.7. The van der Waals surface area contributed by atoms with Crippen molar-refractivity contribution in [2.45, 2.75) is 25.1 Å². The molecule has 2 rings (SSSR count). The van der Waals surface area contributed by atoms with Crippen molar-refractivity contribution in [2.24, 2.45) is 0 Å². The van der Waals surface area contributed by atoms with Crippen molar-refractivity contribution < 1.29 is 27.5 Å². The molecule has 1 aromatic carbocycles. The third-order valence-electron chi connectivity index (χ3n) is 3.34. The molecule has 1 aliphatic heterocycles. The maximum atomic E-state index is 12.3. The van der Waals surface area contributed by atoms with E-state index in [2.05, 4.69) is 26.0 Å². The number of rotatable bonds is 3. The van der Waals surface area contributed by atoms with E-state index in [1.807, 2.05) is 0 Å². The number of likely N-dealkylation sites (tertiary alicyclic amines) is 1. The molecule has 10 heteroatoms. The average molecular weight is 430 g/mol. The van der Waals surface area contributed by atoms with E-state index in [1.54, 1.807) is 18.2 Å². The summed E-state index contributed by atoms with van der Waals surface area (Å²) in [6.07, 6.45) is -4.95. The first-order valence-electron chi connectivity index (χ1n) is 6.93. The van der Waals surface area contributed by atoms with E-state index in [1.165, 1.54) is 0 Å². The molecule has 1 saturated heterocycles. The smallest absolute Gasteiger partial charge is 0.422 e. The lowest BCUT2D eigenvalue weighted by Crippen LogP contribution is -2.44. The monoisotopic (exact) mass is 428 g/mol. The lowest BCUT2D eigenvalue weighted by molar-refractivity contribution is -0.162. The molecule has 1 N–H and O–H groups in total. The highest BCUT2D eigenvalue weighted by atomic mass is 79.9. The number of carbonyl (C=O) groups excluding carboxylic acids is 2. The summed E-state index contributed by atoms with van der Waals surface area (Å²) >= 11 is 9.24. The molecule has 5 nitrogen and oxygen atoms in total. The number of hydrogen-bond acceptors (Lipinski definition) is 3. The Labute approximate surface area is 149 Å². The summed E-state index contributed by atoms with van der Waals surface area (Å²) in [5.74, 6) is -0.527. The van der Waals surface area contributed by atoms with Crippen LogP contribution in [0.4, 0.5) is 23.7 Å². The van der Waals surface area contributed by atoms with Crippen LogP contribution in [0.1, 0.15) is 12.8 Å². The minimum atomic E-state index is -4.61. The van der Waals surface area contributed by atoms with Gasteiger partial charge in [-0.25, -0.2) is 4.79 Å². The van der Waals surface area contributed by atoms with Crippen molar-refractivity contribution in [1.82, 2.24) is 4.90 Å². The fourth-order valence-electron chi connectivity index (χ4n) is 2.29. The SMILES string of the molecule is O=C(Nc1ccc(Br)cc1Cl)C1CCCN1C(=O)OCC(F)(F)F. The van der Waals surface area contributed by atoms with Crippen molar-refractivity contribution in [1.29, 1.82) is 0 Å². The van der Waals surface area contributed by atoms with Crippen LogP contribution in [-0.4, -0.2) is 42.3 Å². The number of halogens is 5. The summed E-state index contributed by atoms with van der Waals surface area (Å²) in [7, 11) is 0. The van der Waals surface area contributed by atoms with Gasteiger partial charge >= 0.3 is 12.3 Å². The molecule has 1 fully saturated rings. The Kier molecular flexibility index (Phi) is 5.97. The van der Waals surface area contributed by atoms with Crippen molar-refractivity contribution in [3.05, 3.63) is 27.7 Å². The Balaban J connectivity index is 2.01. The zero-order valence-corrected chi connectivity index (χ0v) is 14.5. The van der Waals surface area contributed by atoms with Crippen LogP contribution in [0.3, 0.4) is 0 Å². The predicted octanol–water partition coefficient (Wildman–Crippen LogP) is 4.20. The third kappa shape index (κ3) is 5.01.